The Labute approximate surface area is 161 Å². The molecule has 0 atom stereocenters. The second-order valence-corrected chi connectivity index (χ2v) is 7.53. The Morgan fingerprint density at radius 2 is 1.85 bits per heavy atom. The van der Waals surface area contributed by atoms with E-state index in [1.165, 1.54) is 0 Å². The monoisotopic (exact) mass is 367 g/mol. The predicted molar refractivity (Wildman–Crippen MR) is 112 cm³/mol. The highest BCUT2D eigenvalue weighted by Crippen LogP contribution is 2.36. The molecule has 4 nitrogen and oxygen atoms in total. The number of carbonyl (C=O) groups is 1. The first kappa shape index (κ1) is 20.6. The predicted octanol–water partition coefficient (Wildman–Crippen LogP) is 5.42. The highest BCUT2D eigenvalue weighted by Gasteiger charge is 2.20. The van der Waals surface area contributed by atoms with Crippen molar-refractivity contribution in [3.63, 3.8) is 0 Å². The molecule has 0 bridgehead atoms. The molecule has 2 rings (SSSR count). The molecule has 144 valence electrons. The molecule has 0 unspecified atom stereocenters. The largest absolute Gasteiger partial charge is 0.508 e. The minimum absolute atomic E-state index is 0.0792. The van der Waals surface area contributed by atoms with Crippen molar-refractivity contribution in [2.75, 3.05) is 19.0 Å². The number of ketones is 1. The van der Waals surface area contributed by atoms with Gasteiger partial charge in [0.05, 0.1) is 6.61 Å². The van der Waals surface area contributed by atoms with Crippen molar-refractivity contribution < 1.29 is 14.6 Å². The number of nitrogens with one attached hydrogen (secondary N) is 1. The van der Waals surface area contributed by atoms with Crippen LogP contribution in [-0.2, 0) is 5.41 Å². The molecular formula is C23H29NO3. The van der Waals surface area contributed by atoms with Crippen LogP contribution in [0, 0.1) is 0 Å². The lowest BCUT2D eigenvalue weighted by Crippen LogP contribution is -2.12. The summed E-state index contributed by atoms with van der Waals surface area (Å²) in [5.41, 5.74) is 2.96. The summed E-state index contributed by atoms with van der Waals surface area (Å²) >= 11 is 0. The second-order valence-electron chi connectivity index (χ2n) is 7.53. The van der Waals surface area contributed by atoms with E-state index in [-0.39, 0.29) is 16.9 Å². The van der Waals surface area contributed by atoms with Gasteiger partial charge in [0.25, 0.3) is 0 Å². The Hall–Kier alpha value is -2.75. The first-order valence-corrected chi connectivity index (χ1v) is 9.26. The van der Waals surface area contributed by atoms with E-state index in [0.717, 1.165) is 23.2 Å². The highest BCUT2D eigenvalue weighted by molar-refractivity contribution is 6.07. The molecular weight excluding hydrogens is 338 g/mol. The first-order chi connectivity index (χ1) is 12.8. The number of benzene rings is 2. The highest BCUT2D eigenvalue weighted by atomic mass is 16.5. The number of ether oxygens (including phenoxy) is 1. The van der Waals surface area contributed by atoms with Crippen LogP contribution in [0.2, 0.25) is 0 Å². The van der Waals surface area contributed by atoms with Gasteiger partial charge in [-0.2, -0.15) is 0 Å². The van der Waals surface area contributed by atoms with Crippen molar-refractivity contribution in [1.82, 2.24) is 0 Å². The van der Waals surface area contributed by atoms with E-state index in [0.29, 0.717) is 17.9 Å². The van der Waals surface area contributed by atoms with Gasteiger partial charge in [-0.1, -0.05) is 27.7 Å². The number of hydrogen-bond donors (Lipinski definition) is 2. The maximum absolute atomic E-state index is 12.5. The van der Waals surface area contributed by atoms with Crippen LogP contribution in [0.1, 0.15) is 55.6 Å². The van der Waals surface area contributed by atoms with Crippen LogP contribution in [0.3, 0.4) is 0 Å². The smallest absolute Gasteiger partial charge is 0.185 e. The topological polar surface area (TPSA) is 58.6 Å². The van der Waals surface area contributed by atoms with Crippen molar-refractivity contribution in [3.05, 3.63) is 59.2 Å². The SMILES string of the molecule is CCCOc1cc(O)c(C(C)(C)C)cc1/C=C/C(=O)c1ccc(NC)cc1. The molecule has 2 aromatic rings. The Kier molecular flexibility index (Phi) is 6.67. The average Bonchev–Trinajstić information content (AvgIpc) is 2.64. The van der Waals surface area contributed by atoms with Gasteiger partial charge < -0.3 is 15.2 Å². The fourth-order valence-electron chi connectivity index (χ4n) is 2.72. The molecule has 0 saturated carbocycles. The minimum atomic E-state index is -0.219. The lowest BCUT2D eigenvalue weighted by molar-refractivity contribution is 0.104. The van der Waals surface area contributed by atoms with E-state index in [2.05, 4.69) is 5.32 Å². The number of phenolic OH excluding ortho intramolecular Hbond substituents is 1. The lowest BCUT2D eigenvalue weighted by Gasteiger charge is -2.22. The summed E-state index contributed by atoms with van der Waals surface area (Å²) in [4.78, 5) is 12.5. The molecule has 0 aliphatic heterocycles. The Balaban J connectivity index is 2.35. The molecule has 0 saturated heterocycles. The molecule has 0 aromatic heterocycles. The summed E-state index contributed by atoms with van der Waals surface area (Å²) in [6.45, 7) is 8.69. The quantitative estimate of drug-likeness (QED) is 0.507. The van der Waals surface area contributed by atoms with Crippen LogP contribution in [-0.4, -0.2) is 24.5 Å². The van der Waals surface area contributed by atoms with E-state index in [1.807, 2.05) is 52.9 Å². The zero-order valence-electron chi connectivity index (χ0n) is 16.8. The maximum Gasteiger partial charge on any atom is 0.185 e. The summed E-state index contributed by atoms with van der Waals surface area (Å²) in [6, 6.07) is 10.9. The molecule has 4 heteroatoms. The zero-order chi connectivity index (χ0) is 20.0. The molecule has 0 heterocycles. The number of hydrogen-bond acceptors (Lipinski definition) is 4. The number of carbonyl (C=O) groups excluding carboxylic acids is 1. The molecule has 0 spiro atoms. The molecule has 2 N–H and O–H groups in total. The van der Waals surface area contributed by atoms with Gasteiger partial charge in [-0.15, -0.1) is 0 Å². The number of aromatic hydroxyl groups is 1. The molecule has 0 amide bonds. The third kappa shape index (κ3) is 5.36. The van der Waals surface area contributed by atoms with Crippen LogP contribution in [0.25, 0.3) is 6.08 Å². The number of allylic oxidation sites excluding steroid dienone is 1. The Morgan fingerprint density at radius 3 is 2.41 bits per heavy atom. The molecule has 0 fully saturated rings. The van der Waals surface area contributed by atoms with E-state index >= 15 is 0 Å². The van der Waals surface area contributed by atoms with Crippen LogP contribution in [0.4, 0.5) is 5.69 Å². The summed E-state index contributed by atoms with van der Waals surface area (Å²) in [5, 5.41) is 13.4. The van der Waals surface area contributed by atoms with E-state index < -0.39 is 0 Å². The van der Waals surface area contributed by atoms with Gasteiger partial charge in [0, 0.05) is 35.5 Å². The Morgan fingerprint density at radius 1 is 1.19 bits per heavy atom. The van der Waals surface area contributed by atoms with Crippen LogP contribution < -0.4 is 10.1 Å². The third-order valence-electron chi connectivity index (χ3n) is 4.27. The van der Waals surface area contributed by atoms with E-state index in [4.69, 9.17) is 4.74 Å². The normalized spacial score (nSPS) is 11.6. The van der Waals surface area contributed by atoms with Crippen LogP contribution >= 0.6 is 0 Å². The van der Waals surface area contributed by atoms with Gasteiger partial charge in [0.2, 0.25) is 0 Å². The number of phenols is 1. The average molecular weight is 367 g/mol. The summed E-state index contributed by atoms with van der Waals surface area (Å²) in [5.74, 6) is 0.709. The van der Waals surface area contributed by atoms with Crippen molar-refractivity contribution in [1.29, 1.82) is 0 Å². The fraction of sp³-hybridized carbons (Fsp3) is 0.348. The van der Waals surface area contributed by atoms with Crippen LogP contribution in [0.15, 0.2) is 42.5 Å². The molecule has 0 aliphatic rings. The van der Waals surface area contributed by atoms with Crippen molar-refractivity contribution in [3.8, 4) is 11.5 Å². The summed E-state index contributed by atoms with van der Waals surface area (Å²) in [6.07, 6.45) is 4.17. The zero-order valence-corrected chi connectivity index (χ0v) is 16.8. The first-order valence-electron chi connectivity index (χ1n) is 9.26. The van der Waals surface area contributed by atoms with Gasteiger partial charge in [0.15, 0.2) is 5.78 Å². The van der Waals surface area contributed by atoms with Crippen molar-refractivity contribution in [2.45, 2.75) is 39.5 Å². The standard InChI is InChI=1S/C23H29NO3/c1-6-13-27-22-15-21(26)19(23(2,3)4)14-17(22)9-12-20(25)16-7-10-18(24-5)11-8-16/h7-12,14-15,24,26H,6,13H2,1-5H3/b12-9+. The van der Waals surface area contributed by atoms with Crippen molar-refractivity contribution in [2.24, 2.45) is 0 Å². The van der Waals surface area contributed by atoms with Crippen LogP contribution in [0.5, 0.6) is 11.5 Å². The number of rotatable bonds is 7. The van der Waals surface area contributed by atoms with Gasteiger partial charge in [-0.25, -0.2) is 0 Å². The summed E-state index contributed by atoms with van der Waals surface area (Å²) < 4.78 is 5.77. The summed E-state index contributed by atoms with van der Waals surface area (Å²) in [7, 11) is 1.84. The molecule has 0 radical (unpaired) electrons. The van der Waals surface area contributed by atoms with Gasteiger partial charge in [-0.05, 0) is 54.3 Å². The number of anilines is 1. The molecule has 2 aromatic carbocycles. The third-order valence-corrected chi connectivity index (χ3v) is 4.27. The maximum atomic E-state index is 12.5. The van der Waals surface area contributed by atoms with Gasteiger partial charge in [0.1, 0.15) is 11.5 Å². The van der Waals surface area contributed by atoms with Crippen molar-refractivity contribution >= 4 is 17.5 Å². The van der Waals surface area contributed by atoms with E-state index in [1.54, 1.807) is 30.4 Å². The Bertz CT molecular complexity index is 815. The minimum Gasteiger partial charge on any atom is -0.508 e. The second kappa shape index (κ2) is 8.76. The van der Waals surface area contributed by atoms with Gasteiger partial charge in [-0.3, -0.25) is 4.79 Å². The molecule has 0 aliphatic carbocycles. The molecule has 27 heavy (non-hydrogen) atoms. The van der Waals surface area contributed by atoms with E-state index in [9.17, 15) is 9.90 Å². The fourth-order valence-corrected chi connectivity index (χ4v) is 2.72. The van der Waals surface area contributed by atoms with Gasteiger partial charge >= 0.3 is 0 Å². The lowest BCUT2D eigenvalue weighted by atomic mass is 9.85.